The van der Waals surface area contributed by atoms with E-state index in [1.165, 1.54) is 17.0 Å². The van der Waals surface area contributed by atoms with Crippen molar-refractivity contribution < 1.29 is 13.2 Å². The van der Waals surface area contributed by atoms with Gasteiger partial charge in [0.25, 0.3) is 15.9 Å². The molecular weight excluding hydrogens is 480 g/mol. The molecule has 178 valence electrons. The number of nitrogens with one attached hydrogen (secondary N) is 2. The summed E-state index contributed by atoms with van der Waals surface area (Å²) in [7, 11) is -3.86. The van der Waals surface area contributed by atoms with Crippen LogP contribution in [0.5, 0.6) is 0 Å². The van der Waals surface area contributed by atoms with Crippen LogP contribution in [0.3, 0.4) is 0 Å². The Kier molecular flexibility index (Phi) is 7.48. The number of nitrogens with zero attached hydrogens (tertiary/aromatic N) is 2. The minimum absolute atomic E-state index is 0.0190. The Morgan fingerprint density at radius 2 is 1.49 bits per heavy atom. The quantitative estimate of drug-likeness (QED) is 0.310. The maximum atomic E-state index is 12.7. The molecule has 0 unspecified atom stereocenters. The van der Waals surface area contributed by atoms with Gasteiger partial charge in [0, 0.05) is 33.3 Å². The third-order valence-electron chi connectivity index (χ3n) is 5.00. The van der Waals surface area contributed by atoms with Crippen LogP contribution in [0.25, 0.3) is 0 Å². The maximum absolute atomic E-state index is 12.7. The molecule has 1 heterocycles. The molecule has 0 aliphatic rings. The van der Waals surface area contributed by atoms with Crippen LogP contribution in [0.4, 0.5) is 11.6 Å². The number of benzene rings is 3. The molecule has 4 rings (SSSR count). The Morgan fingerprint density at radius 3 is 2.11 bits per heavy atom. The zero-order chi connectivity index (χ0) is 24.8. The number of anilines is 2. The molecule has 3 aromatic carbocycles. The number of carbonyl (C=O) groups excluding carboxylic acids is 1. The highest BCUT2D eigenvalue weighted by Crippen LogP contribution is 2.23. The SMILES string of the molecule is Cc1cc(C)nc(NS(=O)(=O)c2ccc(NC(=O)c3ccc(CSc4ccccc4)cc3)cc2)n1. The third-order valence-corrected chi connectivity index (χ3v) is 7.42. The summed E-state index contributed by atoms with van der Waals surface area (Å²) >= 11 is 1.73. The van der Waals surface area contributed by atoms with Crippen LogP contribution in [-0.4, -0.2) is 24.3 Å². The lowest BCUT2D eigenvalue weighted by Gasteiger charge is -2.10. The number of amides is 1. The minimum atomic E-state index is -3.86. The maximum Gasteiger partial charge on any atom is 0.264 e. The van der Waals surface area contributed by atoms with Crippen LogP contribution < -0.4 is 10.0 Å². The summed E-state index contributed by atoms with van der Waals surface area (Å²) in [6.07, 6.45) is 0. The van der Waals surface area contributed by atoms with Gasteiger partial charge < -0.3 is 5.32 Å². The summed E-state index contributed by atoms with van der Waals surface area (Å²) in [6.45, 7) is 3.53. The van der Waals surface area contributed by atoms with Gasteiger partial charge in [0.05, 0.1) is 4.90 Å². The van der Waals surface area contributed by atoms with Gasteiger partial charge in [-0.25, -0.2) is 23.1 Å². The molecule has 2 N–H and O–H groups in total. The van der Waals surface area contributed by atoms with Crippen molar-refractivity contribution in [2.75, 3.05) is 10.0 Å². The monoisotopic (exact) mass is 504 g/mol. The van der Waals surface area contributed by atoms with Crippen molar-refractivity contribution in [2.45, 2.75) is 29.4 Å². The van der Waals surface area contributed by atoms with Gasteiger partial charge in [0.2, 0.25) is 5.95 Å². The van der Waals surface area contributed by atoms with E-state index >= 15 is 0 Å². The van der Waals surface area contributed by atoms with Crippen molar-refractivity contribution >= 4 is 39.3 Å². The zero-order valence-electron chi connectivity index (χ0n) is 19.2. The van der Waals surface area contributed by atoms with Crippen LogP contribution in [0, 0.1) is 13.8 Å². The van der Waals surface area contributed by atoms with Crippen molar-refractivity contribution in [1.82, 2.24) is 9.97 Å². The molecule has 0 atom stereocenters. The summed E-state index contributed by atoms with van der Waals surface area (Å²) < 4.78 is 27.7. The number of rotatable bonds is 8. The van der Waals surface area contributed by atoms with Gasteiger partial charge in [0.1, 0.15) is 0 Å². The Balaban J connectivity index is 1.36. The first kappa shape index (κ1) is 24.4. The predicted molar refractivity (Wildman–Crippen MR) is 139 cm³/mol. The lowest BCUT2D eigenvalue weighted by Crippen LogP contribution is -2.16. The number of aromatic nitrogens is 2. The van der Waals surface area contributed by atoms with Crippen LogP contribution >= 0.6 is 11.8 Å². The number of aryl methyl sites for hydroxylation is 2. The number of sulfonamides is 1. The highest BCUT2D eigenvalue weighted by Gasteiger charge is 2.16. The van der Waals surface area contributed by atoms with Crippen molar-refractivity contribution in [3.63, 3.8) is 0 Å². The largest absolute Gasteiger partial charge is 0.322 e. The molecule has 0 radical (unpaired) electrons. The second kappa shape index (κ2) is 10.7. The van der Waals surface area contributed by atoms with Crippen molar-refractivity contribution in [3.8, 4) is 0 Å². The first-order chi connectivity index (χ1) is 16.8. The summed E-state index contributed by atoms with van der Waals surface area (Å²) in [6, 6.07) is 25.2. The molecule has 1 amide bonds. The second-order valence-electron chi connectivity index (χ2n) is 7.86. The third kappa shape index (κ3) is 6.68. The van der Waals surface area contributed by atoms with E-state index in [2.05, 4.69) is 32.1 Å². The van der Waals surface area contributed by atoms with E-state index in [-0.39, 0.29) is 16.8 Å². The highest BCUT2D eigenvalue weighted by molar-refractivity contribution is 7.98. The second-order valence-corrected chi connectivity index (χ2v) is 10.6. The summed E-state index contributed by atoms with van der Waals surface area (Å²) in [4.78, 5) is 22.1. The van der Waals surface area contributed by atoms with Gasteiger partial charge in [-0.1, -0.05) is 30.3 Å². The molecule has 1 aromatic heterocycles. The summed E-state index contributed by atoms with van der Waals surface area (Å²) in [5, 5.41) is 2.79. The first-order valence-electron chi connectivity index (χ1n) is 10.8. The normalized spacial score (nSPS) is 11.1. The topological polar surface area (TPSA) is 101 Å². The smallest absolute Gasteiger partial charge is 0.264 e. The van der Waals surface area contributed by atoms with Gasteiger partial charge in [-0.05, 0) is 74.0 Å². The molecule has 0 bridgehead atoms. The molecule has 0 saturated carbocycles. The van der Waals surface area contributed by atoms with E-state index in [0.29, 0.717) is 22.6 Å². The van der Waals surface area contributed by atoms with Gasteiger partial charge in [-0.3, -0.25) is 4.79 Å². The number of carbonyl (C=O) groups is 1. The van der Waals surface area contributed by atoms with E-state index in [0.717, 1.165) is 11.3 Å². The Morgan fingerprint density at radius 1 is 0.857 bits per heavy atom. The average Bonchev–Trinajstić information content (AvgIpc) is 2.83. The van der Waals surface area contributed by atoms with Crippen LogP contribution in [0.1, 0.15) is 27.3 Å². The van der Waals surface area contributed by atoms with Gasteiger partial charge >= 0.3 is 0 Å². The fraction of sp³-hybridized carbons (Fsp3) is 0.115. The summed E-state index contributed by atoms with van der Waals surface area (Å²) in [5.41, 5.74) is 3.45. The van der Waals surface area contributed by atoms with E-state index in [9.17, 15) is 13.2 Å². The lowest BCUT2D eigenvalue weighted by molar-refractivity contribution is 0.102. The Hall–Kier alpha value is -3.69. The van der Waals surface area contributed by atoms with E-state index in [4.69, 9.17) is 0 Å². The Labute approximate surface area is 209 Å². The highest BCUT2D eigenvalue weighted by atomic mass is 32.2. The number of hydrogen-bond donors (Lipinski definition) is 2. The van der Waals surface area contributed by atoms with Gasteiger partial charge in [-0.15, -0.1) is 11.8 Å². The first-order valence-corrected chi connectivity index (χ1v) is 13.3. The van der Waals surface area contributed by atoms with Gasteiger partial charge in [-0.2, -0.15) is 0 Å². The van der Waals surface area contributed by atoms with E-state index < -0.39 is 10.0 Å². The predicted octanol–water partition coefficient (Wildman–Crippen LogP) is 5.44. The number of hydrogen-bond acceptors (Lipinski definition) is 6. The average molecular weight is 505 g/mol. The van der Waals surface area contributed by atoms with Crippen LogP contribution in [0.2, 0.25) is 0 Å². The number of thioether (sulfide) groups is 1. The summed E-state index contributed by atoms with van der Waals surface area (Å²) in [5.74, 6) is 0.554. The zero-order valence-corrected chi connectivity index (χ0v) is 20.9. The molecule has 9 heteroatoms. The molecule has 0 saturated heterocycles. The molecule has 0 spiro atoms. The van der Waals surface area contributed by atoms with E-state index in [1.54, 1.807) is 55.9 Å². The minimum Gasteiger partial charge on any atom is -0.322 e. The van der Waals surface area contributed by atoms with Crippen molar-refractivity contribution in [1.29, 1.82) is 0 Å². The molecular formula is C26H24N4O3S2. The van der Waals surface area contributed by atoms with Gasteiger partial charge in [0.15, 0.2) is 0 Å². The van der Waals surface area contributed by atoms with Crippen LogP contribution in [-0.2, 0) is 15.8 Å². The molecule has 35 heavy (non-hydrogen) atoms. The molecule has 0 fully saturated rings. The molecule has 0 aliphatic carbocycles. The molecule has 0 aliphatic heterocycles. The van der Waals surface area contributed by atoms with Crippen molar-refractivity contribution in [3.05, 3.63) is 107 Å². The fourth-order valence-electron chi connectivity index (χ4n) is 3.31. The molecule has 7 nitrogen and oxygen atoms in total. The molecule has 4 aromatic rings. The van der Waals surface area contributed by atoms with Crippen LogP contribution in [0.15, 0.2) is 94.7 Å². The van der Waals surface area contributed by atoms with Crippen molar-refractivity contribution in [2.24, 2.45) is 0 Å². The standard InChI is InChI=1S/C26H24N4O3S2/c1-18-16-19(2)28-26(27-18)30-35(32,33)24-14-12-22(13-15-24)29-25(31)21-10-8-20(9-11-21)17-34-23-6-4-3-5-7-23/h3-16H,17H2,1-2H3,(H,29,31)(H,27,28,30). The Bertz CT molecular complexity index is 1400. The fourth-order valence-corrected chi connectivity index (χ4v) is 5.13. The lowest BCUT2D eigenvalue weighted by atomic mass is 10.1. The van der Waals surface area contributed by atoms with E-state index in [1.807, 2.05) is 30.3 Å².